The molecule has 0 saturated carbocycles. The van der Waals surface area contributed by atoms with Gasteiger partial charge >= 0.3 is 0 Å². The Morgan fingerprint density at radius 1 is 1.04 bits per heavy atom. The summed E-state index contributed by atoms with van der Waals surface area (Å²) in [5.74, 6) is 0.809. The Morgan fingerprint density at radius 2 is 1.85 bits per heavy atom. The van der Waals surface area contributed by atoms with Crippen LogP contribution in [0.15, 0.2) is 60.9 Å². The van der Waals surface area contributed by atoms with Crippen LogP contribution in [0, 0.1) is 0 Å². The van der Waals surface area contributed by atoms with Crippen LogP contribution < -0.4 is 5.32 Å². The zero-order valence-electron chi connectivity index (χ0n) is 14.0. The lowest BCUT2D eigenvalue weighted by Crippen LogP contribution is -2.20. The highest BCUT2D eigenvalue weighted by Crippen LogP contribution is 2.31. The summed E-state index contributed by atoms with van der Waals surface area (Å²) in [4.78, 5) is 12.1. The lowest BCUT2D eigenvalue weighted by atomic mass is 10.1. The summed E-state index contributed by atoms with van der Waals surface area (Å²) in [5.41, 5.74) is 5.80. The summed E-state index contributed by atoms with van der Waals surface area (Å²) in [7, 11) is 0. The van der Waals surface area contributed by atoms with E-state index in [1.165, 1.54) is 11.1 Å². The first-order valence-electron chi connectivity index (χ1n) is 8.70. The van der Waals surface area contributed by atoms with Gasteiger partial charge in [-0.15, -0.1) is 0 Å². The highest BCUT2D eigenvalue weighted by molar-refractivity contribution is 6.29. The van der Waals surface area contributed by atoms with E-state index in [0.717, 1.165) is 40.8 Å². The summed E-state index contributed by atoms with van der Waals surface area (Å²) >= 11 is 6.32. The quantitative estimate of drug-likeness (QED) is 0.513. The maximum absolute atomic E-state index is 6.32. The second-order valence-corrected chi connectivity index (χ2v) is 7.07. The number of nitrogens with zero attached hydrogens (tertiary/aromatic N) is 2. The van der Waals surface area contributed by atoms with Crippen molar-refractivity contribution < 1.29 is 0 Å². The Balaban J connectivity index is 1.46. The Morgan fingerprint density at radius 3 is 2.65 bits per heavy atom. The van der Waals surface area contributed by atoms with E-state index in [0.29, 0.717) is 11.2 Å². The van der Waals surface area contributed by atoms with Gasteiger partial charge in [0.25, 0.3) is 0 Å². The predicted octanol–water partition coefficient (Wildman–Crippen LogP) is 4.86. The zero-order valence-corrected chi connectivity index (χ0v) is 14.8. The molecule has 26 heavy (non-hydrogen) atoms. The minimum atomic E-state index is 0.343. The fourth-order valence-electron chi connectivity index (χ4n) is 3.79. The van der Waals surface area contributed by atoms with Crippen LogP contribution in [-0.4, -0.2) is 21.0 Å². The molecule has 1 aliphatic carbocycles. The van der Waals surface area contributed by atoms with Crippen molar-refractivity contribution in [2.45, 2.75) is 18.9 Å². The van der Waals surface area contributed by atoms with Crippen LogP contribution in [0.4, 0.5) is 5.82 Å². The van der Waals surface area contributed by atoms with Crippen molar-refractivity contribution in [2.75, 3.05) is 5.32 Å². The number of nitrogens with one attached hydrogen (secondary N) is 2. The van der Waals surface area contributed by atoms with Crippen molar-refractivity contribution in [1.82, 2.24) is 15.0 Å². The molecule has 1 aliphatic rings. The predicted molar refractivity (Wildman–Crippen MR) is 106 cm³/mol. The Bertz CT molecular complexity index is 1080. The number of aromatic amines is 1. The number of pyridine rings is 2. The molecule has 5 rings (SSSR count). The van der Waals surface area contributed by atoms with Gasteiger partial charge in [-0.3, -0.25) is 0 Å². The van der Waals surface area contributed by atoms with E-state index in [2.05, 4.69) is 56.7 Å². The molecule has 0 fully saturated rings. The maximum atomic E-state index is 6.32. The van der Waals surface area contributed by atoms with Gasteiger partial charge in [0.2, 0.25) is 0 Å². The van der Waals surface area contributed by atoms with Crippen LogP contribution in [0.3, 0.4) is 0 Å². The number of anilines is 1. The average molecular weight is 361 g/mol. The van der Waals surface area contributed by atoms with E-state index in [9.17, 15) is 0 Å². The molecule has 2 N–H and O–H groups in total. The summed E-state index contributed by atoms with van der Waals surface area (Å²) in [5, 5.41) is 5.12. The molecule has 0 unspecified atom stereocenters. The number of hydrogen-bond acceptors (Lipinski definition) is 3. The highest BCUT2D eigenvalue weighted by Gasteiger charge is 2.21. The van der Waals surface area contributed by atoms with Crippen LogP contribution in [0.25, 0.3) is 22.2 Å². The summed E-state index contributed by atoms with van der Waals surface area (Å²) < 4.78 is 0. The molecule has 4 nitrogen and oxygen atoms in total. The number of H-pyrrole nitrogens is 1. The number of fused-ring (bicyclic) bond motifs is 2. The van der Waals surface area contributed by atoms with Gasteiger partial charge in [-0.25, -0.2) is 9.97 Å². The van der Waals surface area contributed by atoms with Crippen molar-refractivity contribution in [3.05, 3.63) is 77.2 Å². The number of rotatable bonds is 3. The molecule has 0 saturated heterocycles. The molecule has 128 valence electrons. The minimum Gasteiger partial charge on any atom is -0.367 e. The molecule has 5 heteroatoms. The van der Waals surface area contributed by atoms with Gasteiger partial charge in [-0.2, -0.15) is 0 Å². The molecule has 3 heterocycles. The lowest BCUT2D eigenvalue weighted by Gasteiger charge is -2.14. The molecular formula is C21H17ClN4. The van der Waals surface area contributed by atoms with Crippen molar-refractivity contribution in [2.24, 2.45) is 0 Å². The Kier molecular flexibility index (Phi) is 3.64. The van der Waals surface area contributed by atoms with Gasteiger partial charge in [0.1, 0.15) is 16.6 Å². The first-order chi connectivity index (χ1) is 12.8. The molecular weight excluding hydrogens is 344 g/mol. The third-order valence-corrected chi connectivity index (χ3v) is 5.15. The van der Waals surface area contributed by atoms with Crippen molar-refractivity contribution in [3.63, 3.8) is 0 Å². The van der Waals surface area contributed by atoms with E-state index < -0.39 is 0 Å². The van der Waals surface area contributed by atoms with Gasteiger partial charge in [0.15, 0.2) is 0 Å². The lowest BCUT2D eigenvalue weighted by molar-refractivity contribution is 0.769. The fraction of sp³-hybridized carbons (Fsp3) is 0.143. The van der Waals surface area contributed by atoms with E-state index in [-0.39, 0.29) is 0 Å². The van der Waals surface area contributed by atoms with Gasteiger partial charge in [0.05, 0.1) is 0 Å². The number of hydrogen-bond donors (Lipinski definition) is 2. The average Bonchev–Trinajstić information content (AvgIpc) is 3.24. The Hall–Kier alpha value is -2.85. The molecule has 3 aromatic heterocycles. The number of aromatic nitrogens is 3. The minimum absolute atomic E-state index is 0.343. The summed E-state index contributed by atoms with van der Waals surface area (Å²) in [6.45, 7) is 0. The fourth-order valence-corrected chi connectivity index (χ4v) is 4.00. The van der Waals surface area contributed by atoms with E-state index in [1.807, 2.05) is 18.3 Å². The third kappa shape index (κ3) is 2.72. The number of benzene rings is 1. The Labute approximate surface area is 156 Å². The van der Waals surface area contributed by atoms with Crippen LogP contribution in [0.1, 0.15) is 11.1 Å². The maximum Gasteiger partial charge on any atom is 0.137 e. The summed E-state index contributed by atoms with van der Waals surface area (Å²) in [6, 6.07) is 16.9. The first-order valence-corrected chi connectivity index (χ1v) is 9.07. The van der Waals surface area contributed by atoms with Crippen LogP contribution in [-0.2, 0) is 12.8 Å². The SMILES string of the molecule is Clc1cc(-c2c[nH]c3ncccc23)cc(NC2Cc3ccccc3C2)n1. The van der Waals surface area contributed by atoms with E-state index in [1.54, 1.807) is 6.20 Å². The molecule has 0 amide bonds. The summed E-state index contributed by atoms with van der Waals surface area (Å²) in [6.07, 6.45) is 5.78. The van der Waals surface area contributed by atoms with Crippen molar-refractivity contribution >= 4 is 28.5 Å². The van der Waals surface area contributed by atoms with Crippen molar-refractivity contribution in [1.29, 1.82) is 0 Å². The van der Waals surface area contributed by atoms with Gasteiger partial charge in [-0.1, -0.05) is 35.9 Å². The molecule has 1 aromatic carbocycles. The smallest absolute Gasteiger partial charge is 0.137 e. The van der Waals surface area contributed by atoms with Crippen LogP contribution in [0.2, 0.25) is 5.15 Å². The number of halogens is 1. The second-order valence-electron chi connectivity index (χ2n) is 6.68. The zero-order chi connectivity index (χ0) is 17.5. The van der Waals surface area contributed by atoms with Gasteiger partial charge < -0.3 is 10.3 Å². The third-order valence-electron chi connectivity index (χ3n) is 4.96. The van der Waals surface area contributed by atoms with E-state index in [4.69, 9.17) is 11.6 Å². The van der Waals surface area contributed by atoms with Gasteiger partial charge in [-0.05, 0) is 53.8 Å². The van der Waals surface area contributed by atoms with Gasteiger partial charge in [0, 0.05) is 29.4 Å². The highest BCUT2D eigenvalue weighted by atomic mass is 35.5. The monoisotopic (exact) mass is 360 g/mol. The molecule has 4 aromatic rings. The van der Waals surface area contributed by atoms with Crippen LogP contribution in [0.5, 0.6) is 0 Å². The van der Waals surface area contributed by atoms with Crippen LogP contribution >= 0.6 is 11.6 Å². The van der Waals surface area contributed by atoms with Crippen molar-refractivity contribution in [3.8, 4) is 11.1 Å². The molecule has 0 atom stereocenters. The second kappa shape index (κ2) is 6.15. The van der Waals surface area contributed by atoms with E-state index >= 15 is 0 Å². The normalized spacial score (nSPS) is 13.9. The topological polar surface area (TPSA) is 53.6 Å². The molecule has 0 aliphatic heterocycles. The largest absolute Gasteiger partial charge is 0.367 e. The first kappa shape index (κ1) is 15.4. The molecule has 0 bridgehead atoms. The molecule has 0 spiro atoms. The molecule has 0 radical (unpaired) electrons. The standard InChI is InChI=1S/C21H17ClN4/c22-19-10-15(18-12-24-21-17(18)6-3-7-23-21)11-20(26-19)25-16-8-13-4-1-2-5-14(13)9-16/h1-7,10-12,16H,8-9H2,(H,23,24)(H,25,26).